The summed E-state index contributed by atoms with van der Waals surface area (Å²) in [5.74, 6) is -0.488. The lowest BCUT2D eigenvalue weighted by Crippen LogP contribution is -2.42. The second-order valence-electron chi connectivity index (χ2n) is 10.1. The average molecular weight is 528 g/mol. The average Bonchev–Trinajstić information content (AvgIpc) is 2.77. The van der Waals surface area contributed by atoms with Crippen LogP contribution in [0.5, 0.6) is 5.75 Å². The van der Waals surface area contributed by atoms with Gasteiger partial charge in [0.05, 0.1) is 11.2 Å². The molecular weight excluding hydrogens is 498 g/mol. The van der Waals surface area contributed by atoms with Gasteiger partial charge in [-0.1, -0.05) is 22.9 Å². The summed E-state index contributed by atoms with van der Waals surface area (Å²) in [6.45, 7) is 5.19. The zero-order chi connectivity index (χ0) is 26.5. The summed E-state index contributed by atoms with van der Waals surface area (Å²) in [6, 6.07) is 11.5. The lowest BCUT2D eigenvalue weighted by molar-refractivity contribution is 0.0636. The van der Waals surface area contributed by atoms with Crippen LogP contribution in [0.15, 0.2) is 56.6 Å². The molecule has 0 unspecified atom stereocenters. The van der Waals surface area contributed by atoms with Crippen molar-refractivity contribution in [2.45, 2.75) is 56.6 Å². The first-order valence-corrected chi connectivity index (χ1v) is 13.4. The first-order valence-electron chi connectivity index (χ1n) is 11.9. The number of amidine groups is 1. The maximum atomic E-state index is 13.6. The first kappa shape index (κ1) is 24.9. The third-order valence-corrected chi connectivity index (χ3v) is 7.47. The number of nitrogens with zero attached hydrogens (tertiary/aromatic N) is 2. The first-order chi connectivity index (χ1) is 17.4. The summed E-state index contributed by atoms with van der Waals surface area (Å²) >= 11 is 0. The van der Waals surface area contributed by atoms with Gasteiger partial charge in [0.1, 0.15) is 21.8 Å². The quantitative estimate of drug-likeness (QED) is 0.275. The van der Waals surface area contributed by atoms with Crippen molar-refractivity contribution in [1.29, 1.82) is 0 Å². The van der Waals surface area contributed by atoms with Gasteiger partial charge in [0.15, 0.2) is 5.84 Å². The van der Waals surface area contributed by atoms with Gasteiger partial charge in [-0.05, 0) is 70.4 Å². The number of aromatic hydroxyl groups is 1. The Morgan fingerprint density at radius 1 is 1.19 bits per heavy atom. The van der Waals surface area contributed by atoms with E-state index in [9.17, 15) is 23.8 Å². The molecule has 12 heteroatoms. The number of carbonyl (C=O) groups excluding carboxylic acids is 1. The van der Waals surface area contributed by atoms with Gasteiger partial charge in [0.2, 0.25) is 0 Å². The van der Waals surface area contributed by atoms with E-state index in [1.807, 2.05) is 0 Å². The smallest absolute Gasteiger partial charge is 0.412 e. The van der Waals surface area contributed by atoms with Crippen LogP contribution in [0, 0.1) is 0 Å². The van der Waals surface area contributed by atoms with E-state index in [1.54, 1.807) is 51.1 Å². The van der Waals surface area contributed by atoms with Crippen molar-refractivity contribution in [2.75, 3.05) is 16.1 Å². The number of benzene rings is 2. The van der Waals surface area contributed by atoms with Crippen LogP contribution in [0.4, 0.5) is 16.2 Å². The number of aromatic nitrogens is 1. The molecule has 0 radical (unpaired) electrons. The Kier molecular flexibility index (Phi) is 6.05. The number of carbonyl (C=O) groups is 1. The summed E-state index contributed by atoms with van der Waals surface area (Å²) < 4.78 is 32.5. The predicted octanol–water partition coefficient (Wildman–Crippen LogP) is 5.05. The Hall–Kier alpha value is -3.74. The number of hydrogen-bond acceptors (Lipinski definition) is 9. The van der Waals surface area contributed by atoms with Gasteiger partial charge < -0.3 is 20.6 Å². The van der Waals surface area contributed by atoms with Crippen LogP contribution in [0.2, 0.25) is 0 Å². The van der Waals surface area contributed by atoms with Crippen molar-refractivity contribution in [3.05, 3.63) is 58.4 Å². The topological polar surface area (TPSA) is 157 Å². The van der Waals surface area contributed by atoms with E-state index in [4.69, 9.17) is 4.74 Å². The molecule has 0 atom stereocenters. The molecule has 0 bridgehead atoms. The van der Waals surface area contributed by atoms with Crippen LogP contribution in [-0.4, -0.2) is 42.5 Å². The lowest BCUT2D eigenvalue weighted by Gasteiger charge is -2.35. The second kappa shape index (κ2) is 8.98. The second-order valence-corrected chi connectivity index (χ2v) is 11.7. The Labute approximate surface area is 214 Å². The predicted molar refractivity (Wildman–Crippen MR) is 144 cm³/mol. The van der Waals surface area contributed by atoms with Crippen molar-refractivity contribution in [2.24, 2.45) is 4.40 Å². The highest BCUT2D eigenvalue weighted by molar-refractivity contribution is 8.23. The number of pyridine rings is 1. The zero-order valence-corrected chi connectivity index (χ0v) is 21.4. The highest BCUT2D eigenvalue weighted by Crippen LogP contribution is 2.56. The fraction of sp³-hybridized carbons (Fsp3) is 0.320. The van der Waals surface area contributed by atoms with Gasteiger partial charge in [-0.2, -0.15) is 0 Å². The molecule has 1 saturated carbocycles. The lowest BCUT2D eigenvalue weighted by atomic mass is 9.94. The Bertz CT molecular complexity index is 1490. The number of rotatable bonds is 4. The van der Waals surface area contributed by atoms with Gasteiger partial charge in [-0.15, -0.1) is 4.40 Å². The number of anilines is 2. The number of fused-ring (bicyclic) bond motifs is 2. The Morgan fingerprint density at radius 2 is 1.92 bits per heavy atom. The largest absolute Gasteiger partial charge is 0.506 e. The normalized spacial score (nSPS) is 17.6. The molecule has 2 heterocycles. The zero-order valence-electron chi connectivity index (χ0n) is 20.6. The van der Waals surface area contributed by atoms with Crippen LogP contribution in [-0.2, 0) is 4.74 Å². The van der Waals surface area contributed by atoms with Crippen LogP contribution in [0.3, 0.4) is 0 Å². The van der Waals surface area contributed by atoms with Crippen molar-refractivity contribution in [1.82, 2.24) is 4.68 Å². The maximum Gasteiger partial charge on any atom is 0.412 e. The van der Waals surface area contributed by atoms with E-state index in [0.717, 1.165) is 19.3 Å². The van der Waals surface area contributed by atoms with E-state index >= 15 is 0 Å². The molecule has 2 aromatic carbocycles. The molecule has 3 aromatic rings. The van der Waals surface area contributed by atoms with Gasteiger partial charge in [-0.25, -0.2) is 9.47 Å². The maximum absolute atomic E-state index is 13.6. The van der Waals surface area contributed by atoms with Gasteiger partial charge in [-0.3, -0.25) is 19.2 Å². The standard InChI is InChI=1S/C25H29N5O6S/c1-25(2,3)36-24(33)26-15-11-12-17-19(13-15)37(34,35)29-22(27-17)20-21(31)16-9-4-5-10-18(16)30(23(20)32)28-14-7-6-8-14/h4-5,9-14,28,31,34-35H,6-8H2,1-3H3,(H,26,33)(H,27,29). The summed E-state index contributed by atoms with van der Waals surface area (Å²) in [7, 11) is -3.80. The third kappa shape index (κ3) is 4.82. The molecule has 6 N–H and O–H groups in total. The molecule has 196 valence electrons. The van der Waals surface area contributed by atoms with Crippen molar-refractivity contribution in [3.63, 3.8) is 0 Å². The molecule has 1 aliphatic heterocycles. The minimum Gasteiger partial charge on any atom is -0.506 e. The SMILES string of the molecule is CC(C)(C)OC(=O)Nc1ccc2c(c1)S(O)(O)N=C(c1c(O)c3ccccc3n(NC3CCC3)c1=O)N2. The molecule has 37 heavy (non-hydrogen) atoms. The van der Waals surface area contributed by atoms with Crippen LogP contribution in [0.25, 0.3) is 10.9 Å². The molecule has 0 saturated heterocycles. The summed E-state index contributed by atoms with van der Waals surface area (Å²) in [5, 5.41) is 17.0. The van der Waals surface area contributed by atoms with E-state index in [-0.39, 0.29) is 39.5 Å². The van der Waals surface area contributed by atoms with Crippen LogP contribution >= 0.6 is 10.8 Å². The van der Waals surface area contributed by atoms with Gasteiger partial charge >= 0.3 is 6.09 Å². The van der Waals surface area contributed by atoms with Crippen molar-refractivity contribution >= 4 is 45.0 Å². The van der Waals surface area contributed by atoms with Crippen LogP contribution < -0.4 is 21.6 Å². The fourth-order valence-corrected chi connectivity index (χ4v) is 5.36. The number of para-hydroxylation sites is 1. The molecular formula is C25H29N5O6S. The van der Waals surface area contributed by atoms with E-state index in [2.05, 4.69) is 20.5 Å². The molecule has 1 amide bonds. The van der Waals surface area contributed by atoms with Crippen molar-refractivity contribution in [3.8, 4) is 5.75 Å². The minimum atomic E-state index is -3.80. The van der Waals surface area contributed by atoms with E-state index < -0.39 is 28.0 Å². The summed E-state index contributed by atoms with van der Waals surface area (Å²) in [6.07, 6.45) is 2.21. The molecule has 1 fully saturated rings. The molecule has 5 rings (SSSR count). The molecule has 1 aromatic heterocycles. The summed E-state index contributed by atoms with van der Waals surface area (Å²) in [4.78, 5) is 25.8. The number of nitrogens with one attached hydrogen (secondary N) is 3. The highest BCUT2D eigenvalue weighted by Gasteiger charge is 2.31. The number of hydrogen-bond donors (Lipinski definition) is 6. The molecule has 11 nitrogen and oxygen atoms in total. The Balaban J connectivity index is 1.54. The minimum absolute atomic E-state index is 0.0259. The highest BCUT2D eigenvalue weighted by atomic mass is 32.3. The van der Waals surface area contributed by atoms with E-state index in [1.165, 1.54) is 16.8 Å². The number of ether oxygens (including phenoxy) is 1. The molecule has 2 aliphatic rings. The monoisotopic (exact) mass is 527 g/mol. The van der Waals surface area contributed by atoms with Crippen molar-refractivity contribution < 1.29 is 23.7 Å². The fourth-order valence-electron chi connectivity index (χ4n) is 4.17. The molecule has 0 spiro atoms. The molecule has 1 aliphatic carbocycles. The Morgan fingerprint density at radius 3 is 2.59 bits per heavy atom. The van der Waals surface area contributed by atoms with Gasteiger partial charge in [0.25, 0.3) is 5.56 Å². The number of amides is 1. The summed E-state index contributed by atoms with van der Waals surface area (Å²) in [5.41, 5.74) is 2.80. The van der Waals surface area contributed by atoms with E-state index in [0.29, 0.717) is 10.9 Å². The third-order valence-electron chi connectivity index (χ3n) is 6.10. The van der Waals surface area contributed by atoms with Gasteiger partial charge in [0, 0.05) is 17.1 Å². The van der Waals surface area contributed by atoms with Crippen LogP contribution in [0.1, 0.15) is 45.6 Å².